The SMILES string of the molecule is CCCOc1c(Cl)cc(CC(C)N)cc1CCC.Cl. The number of hydrogen-bond donors (Lipinski definition) is 1. The molecular weight excluding hydrogens is 281 g/mol. The minimum Gasteiger partial charge on any atom is -0.492 e. The summed E-state index contributed by atoms with van der Waals surface area (Å²) in [6.07, 6.45) is 3.92. The summed E-state index contributed by atoms with van der Waals surface area (Å²) in [4.78, 5) is 0. The third-order valence-corrected chi connectivity index (χ3v) is 2.99. The molecular formula is C15H25Cl2NO. The van der Waals surface area contributed by atoms with Gasteiger partial charge in [0.1, 0.15) is 5.75 Å². The zero-order valence-corrected chi connectivity index (χ0v) is 13.6. The van der Waals surface area contributed by atoms with Crippen molar-refractivity contribution in [3.05, 3.63) is 28.3 Å². The number of ether oxygens (including phenoxy) is 1. The average Bonchev–Trinajstić information content (AvgIpc) is 2.27. The van der Waals surface area contributed by atoms with Crippen molar-refractivity contribution < 1.29 is 4.74 Å². The van der Waals surface area contributed by atoms with Crippen molar-refractivity contribution in [2.75, 3.05) is 6.61 Å². The lowest BCUT2D eigenvalue weighted by atomic mass is 10.0. The van der Waals surface area contributed by atoms with Gasteiger partial charge >= 0.3 is 0 Å². The number of halogens is 2. The maximum atomic E-state index is 6.32. The maximum Gasteiger partial charge on any atom is 0.141 e. The minimum atomic E-state index is 0. The maximum absolute atomic E-state index is 6.32. The Labute approximate surface area is 128 Å². The van der Waals surface area contributed by atoms with Crippen LogP contribution in [0.25, 0.3) is 0 Å². The Hall–Kier alpha value is -0.440. The van der Waals surface area contributed by atoms with E-state index in [9.17, 15) is 0 Å². The van der Waals surface area contributed by atoms with E-state index in [0.29, 0.717) is 11.6 Å². The van der Waals surface area contributed by atoms with Crippen molar-refractivity contribution in [3.63, 3.8) is 0 Å². The first-order valence-electron chi connectivity index (χ1n) is 6.78. The fourth-order valence-corrected chi connectivity index (χ4v) is 2.34. The van der Waals surface area contributed by atoms with Gasteiger partial charge in [-0.15, -0.1) is 12.4 Å². The van der Waals surface area contributed by atoms with E-state index in [1.165, 1.54) is 11.1 Å². The lowest BCUT2D eigenvalue weighted by molar-refractivity contribution is 0.314. The van der Waals surface area contributed by atoms with Crippen molar-refractivity contribution in [2.24, 2.45) is 5.73 Å². The molecule has 0 aromatic heterocycles. The quantitative estimate of drug-likeness (QED) is 0.810. The zero-order chi connectivity index (χ0) is 13.5. The van der Waals surface area contributed by atoms with Crippen LogP contribution in [0.5, 0.6) is 5.75 Å². The first kappa shape index (κ1) is 18.6. The number of rotatable bonds is 7. The van der Waals surface area contributed by atoms with Crippen LogP contribution >= 0.6 is 24.0 Å². The van der Waals surface area contributed by atoms with E-state index >= 15 is 0 Å². The summed E-state index contributed by atoms with van der Waals surface area (Å²) in [7, 11) is 0. The molecule has 0 saturated heterocycles. The van der Waals surface area contributed by atoms with E-state index in [2.05, 4.69) is 19.9 Å². The van der Waals surface area contributed by atoms with Gasteiger partial charge in [-0.3, -0.25) is 0 Å². The molecule has 2 N–H and O–H groups in total. The fraction of sp³-hybridized carbons (Fsp3) is 0.600. The van der Waals surface area contributed by atoms with E-state index in [1.54, 1.807) is 0 Å². The lowest BCUT2D eigenvalue weighted by Gasteiger charge is -2.15. The minimum absolute atomic E-state index is 0. The van der Waals surface area contributed by atoms with Crippen molar-refractivity contribution in [1.29, 1.82) is 0 Å². The highest BCUT2D eigenvalue weighted by Gasteiger charge is 2.11. The van der Waals surface area contributed by atoms with E-state index < -0.39 is 0 Å². The Morgan fingerprint density at radius 3 is 2.47 bits per heavy atom. The van der Waals surface area contributed by atoms with Gasteiger partial charge in [-0.25, -0.2) is 0 Å². The molecule has 110 valence electrons. The highest BCUT2D eigenvalue weighted by Crippen LogP contribution is 2.32. The van der Waals surface area contributed by atoms with Gasteiger partial charge in [0.2, 0.25) is 0 Å². The second-order valence-corrected chi connectivity index (χ2v) is 5.25. The second kappa shape index (κ2) is 9.46. The molecule has 0 heterocycles. The molecule has 0 spiro atoms. The third kappa shape index (κ3) is 6.03. The van der Waals surface area contributed by atoms with Crippen molar-refractivity contribution >= 4 is 24.0 Å². The van der Waals surface area contributed by atoms with Gasteiger partial charge in [0.05, 0.1) is 11.6 Å². The molecule has 0 amide bonds. The highest BCUT2D eigenvalue weighted by atomic mass is 35.5. The molecule has 1 atom stereocenters. The summed E-state index contributed by atoms with van der Waals surface area (Å²) in [6.45, 7) is 6.98. The molecule has 1 aromatic rings. The van der Waals surface area contributed by atoms with Crippen LogP contribution in [-0.2, 0) is 12.8 Å². The standard InChI is InChI=1S/C15H24ClNO.ClH/c1-4-6-13-9-12(8-11(3)17)10-14(16)15(13)18-7-5-2;/h9-11H,4-8,17H2,1-3H3;1H. The molecule has 2 nitrogen and oxygen atoms in total. The molecule has 1 unspecified atom stereocenters. The van der Waals surface area contributed by atoms with Crippen LogP contribution in [-0.4, -0.2) is 12.6 Å². The van der Waals surface area contributed by atoms with Gasteiger partial charge in [-0.2, -0.15) is 0 Å². The lowest BCUT2D eigenvalue weighted by Crippen LogP contribution is -2.18. The van der Waals surface area contributed by atoms with E-state index in [0.717, 1.165) is 31.4 Å². The predicted molar refractivity (Wildman–Crippen MR) is 85.8 cm³/mol. The summed E-state index contributed by atoms with van der Waals surface area (Å²) < 4.78 is 5.77. The van der Waals surface area contributed by atoms with Gasteiger partial charge in [-0.05, 0) is 43.4 Å². The Morgan fingerprint density at radius 2 is 1.95 bits per heavy atom. The summed E-state index contributed by atoms with van der Waals surface area (Å²) >= 11 is 6.32. The van der Waals surface area contributed by atoms with E-state index in [4.69, 9.17) is 22.1 Å². The van der Waals surface area contributed by atoms with Gasteiger partial charge in [-0.1, -0.05) is 37.9 Å². The van der Waals surface area contributed by atoms with Gasteiger partial charge in [0.15, 0.2) is 0 Å². The van der Waals surface area contributed by atoms with Crippen LogP contribution in [0.15, 0.2) is 12.1 Å². The molecule has 0 bridgehead atoms. The first-order chi connectivity index (χ1) is 8.58. The molecule has 0 fully saturated rings. The third-order valence-electron chi connectivity index (χ3n) is 2.71. The Kier molecular flexibility index (Phi) is 9.24. The molecule has 1 rings (SSSR count). The van der Waals surface area contributed by atoms with Gasteiger partial charge in [0, 0.05) is 6.04 Å². The molecule has 1 aromatic carbocycles. The Morgan fingerprint density at radius 1 is 1.26 bits per heavy atom. The van der Waals surface area contributed by atoms with Crippen LogP contribution in [0.4, 0.5) is 0 Å². The highest BCUT2D eigenvalue weighted by molar-refractivity contribution is 6.32. The molecule has 0 radical (unpaired) electrons. The number of aryl methyl sites for hydroxylation is 1. The van der Waals surface area contributed by atoms with Crippen LogP contribution < -0.4 is 10.5 Å². The molecule has 0 aliphatic carbocycles. The van der Waals surface area contributed by atoms with E-state index in [1.807, 2.05) is 13.0 Å². The van der Waals surface area contributed by atoms with Crippen molar-refractivity contribution in [2.45, 2.75) is 52.5 Å². The monoisotopic (exact) mass is 305 g/mol. The van der Waals surface area contributed by atoms with Crippen LogP contribution in [0.3, 0.4) is 0 Å². The van der Waals surface area contributed by atoms with Gasteiger partial charge in [0.25, 0.3) is 0 Å². The summed E-state index contributed by atoms with van der Waals surface area (Å²) in [5.74, 6) is 0.855. The molecule has 0 saturated carbocycles. The number of hydrogen-bond acceptors (Lipinski definition) is 2. The smallest absolute Gasteiger partial charge is 0.141 e. The zero-order valence-electron chi connectivity index (χ0n) is 12.0. The average molecular weight is 306 g/mol. The first-order valence-corrected chi connectivity index (χ1v) is 7.15. The van der Waals surface area contributed by atoms with E-state index in [-0.39, 0.29) is 18.4 Å². The molecule has 4 heteroatoms. The van der Waals surface area contributed by atoms with Crippen molar-refractivity contribution in [3.8, 4) is 5.75 Å². The largest absolute Gasteiger partial charge is 0.492 e. The molecule has 0 aliphatic rings. The molecule has 0 aliphatic heterocycles. The molecule has 19 heavy (non-hydrogen) atoms. The fourth-order valence-electron chi connectivity index (χ4n) is 2.02. The summed E-state index contributed by atoms with van der Waals surface area (Å²) in [5.41, 5.74) is 8.24. The van der Waals surface area contributed by atoms with Crippen molar-refractivity contribution in [1.82, 2.24) is 0 Å². The van der Waals surface area contributed by atoms with Crippen LogP contribution in [0, 0.1) is 0 Å². The number of nitrogens with two attached hydrogens (primary N) is 1. The van der Waals surface area contributed by atoms with Crippen LogP contribution in [0.1, 0.15) is 44.7 Å². The summed E-state index contributed by atoms with van der Waals surface area (Å²) in [6, 6.07) is 4.32. The topological polar surface area (TPSA) is 35.2 Å². The Bertz CT molecular complexity index is 381. The van der Waals surface area contributed by atoms with Gasteiger partial charge < -0.3 is 10.5 Å². The van der Waals surface area contributed by atoms with Crippen LogP contribution in [0.2, 0.25) is 5.02 Å². The number of benzene rings is 1. The predicted octanol–water partition coefficient (Wildman–Crippen LogP) is 4.39. The Balaban J connectivity index is 0.00000324. The summed E-state index contributed by atoms with van der Waals surface area (Å²) in [5, 5.41) is 0.713. The normalized spacial score (nSPS) is 11.8. The second-order valence-electron chi connectivity index (χ2n) is 4.85.